The summed E-state index contributed by atoms with van der Waals surface area (Å²) >= 11 is 0. The van der Waals surface area contributed by atoms with E-state index in [-0.39, 0.29) is 23.3 Å². The molecular formula is C11H10F3N5. The van der Waals surface area contributed by atoms with Crippen LogP contribution in [-0.4, -0.2) is 29.0 Å². The average Bonchev–Trinajstić information content (AvgIpc) is 2.35. The highest BCUT2D eigenvalue weighted by Crippen LogP contribution is 2.24. The fourth-order valence-corrected chi connectivity index (χ4v) is 1.40. The molecule has 0 aliphatic heterocycles. The molecule has 2 rings (SSSR count). The van der Waals surface area contributed by atoms with Crippen molar-refractivity contribution in [2.24, 2.45) is 0 Å². The lowest BCUT2D eigenvalue weighted by Crippen LogP contribution is -2.15. The number of nitrogens with two attached hydrogens (primary N) is 1. The molecule has 8 heteroatoms. The monoisotopic (exact) mass is 269 g/mol. The van der Waals surface area contributed by atoms with Gasteiger partial charge in [-0.2, -0.15) is 15.0 Å². The molecule has 0 amide bonds. The van der Waals surface area contributed by atoms with Crippen LogP contribution in [0.15, 0.2) is 12.1 Å². The highest BCUT2D eigenvalue weighted by atomic mass is 19.2. The third-order valence-corrected chi connectivity index (χ3v) is 2.32. The second-order valence-corrected chi connectivity index (χ2v) is 3.93. The van der Waals surface area contributed by atoms with Crippen molar-refractivity contribution in [1.29, 1.82) is 0 Å². The largest absolute Gasteiger partial charge is 0.368 e. The van der Waals surface area contributed by atoms with E-state index in [1.807, 2.05) is 0 Å². The summed E-state index contributed by atoms with van der Waals surface area (Å²) in [5, 5.41) is 0. The second kappa shape index (κ2) is 4.71. The highest BCUT2D eigenvalue weighted by molar-refractivity contribution is 5.58. The zero-order valence-electron chi connectivity index (χ0n) is 10.2. The van der Waals surface area contributed by atoms with Gasteiger partial charge in [-0.3, -0.25) is 0 Å². The number of anilines is 2. The summed E-state index contributed by atoms with van der Waals surface area (Å²) in [6.07, 6.45) is 0. The quantitative estimate of drug-likeness (QED) is 0.839. The predicted molar refractivity (Wildman–Crippen MR) is 63.9 cm³/mol. The molecule has 0 spiro atoms. The molecule has 0 radical (unpaired) electrons. The van der Waals surface area contributed by atoms with E-state index in [1.54, 1.807) is 14.1 Å². The molecule has 2 aromatic rings. The minimum atomic E-state index is -1.58. The molecule has 0 aliphatic rings. The molecule has 19 heavy (non-hydrogen) atoms. The minimum Gasteiger partial charge on any atom is -0.368 e. The van der Waals surface area contributed by atoms with Gasteiger partial charge in [-0.1, -0.05) is 0 Å². The maximum absolute atomic E-state index is 13.6. The average molecular weight is 269 g/mol. The molecular weight excluding hydrogens is 259 g/mol. The summed E-state index contributed by atoms with van der Waals surface area (Å²) in [5.41, 5.74) is 5.19. The number of nitrogen functional groups attached to an aromatic ring is 1. The number of halogens is 3. The van der Waals surface area contributed by atoms with E-state index in [1.165, 1.54) is 4.90 Å². The van der Waals surface area contributed by atoms with E-state index in [0.29, 0.717) is 0 Å². The summed E-state index contributed by atoms with van der Waals surface area (Å²) in [5.74, 6) is -4.34. The van der Waals surface area contributed by atoms with Crippen molar-refractivity contribution in [3.8, 4) is 11.4 Å². The van der Waals surface area contributed by atoms with E-state index in [0.717, 1.165) is 12.1 Å². The van der Waals surface area contributed by atoms with Crippen LogP contribution in [0.2, 0.25) is 0 Å². The third-order valence-electron chi connectivity index (χ3n) is 2.32. The van der Waals surface area contributed by atoms with Crippen molar-refractivity contribution in [1.82, 2.24) is 15.0 Å². The lowest BCUT2D eigenvalue weighted by molar-refractivity contribution is 0.448. The highest BCUT2D eigenvalue weighted by Gasteiger charge is 2.18. The first-order valence-electron chi connectivity index (χ1n) is 5.23. The molecule has 0 fully saturated rings. The van der Waals surface area contributed by atoms with Crippen LogP contribution in [0.4, 0.5) is 25.1 Å². The van der Waals surface area contributed by atoms with Gasteiger partial charge in [-0.15, -0.1) is 0 Å². The second-order valence-electron chi connectivity index (χ2n) is 3.93. The number of hydrogen-bond donors (Lipinski definition) is 1. The van der Waals surface area contributed by atoms with Gasteiger partial charge in [0, 0.05) is 14.1 Å². The Kier molecular flexibility index (Phi) is 3.24. The van der Waals surface area contributed by atoms with Crippen LogP contribution >= 0.6 is 0 Å². The Morgan fingerprint density at radius 3 is 2.32 bits per heavy atom. The van der Waals surface area contributed by atoms with Gasteiger partial charge < -0.3 is 10.6 Å². The molecule has 0 unspecified atom stereocenters. The standard InChI is InChI=1S/C11H10F3N5/c1-19(2)11-17-9(16-10(15)18-11)5-3-4-6(12)8(14)7(5)13/h3-4H,1-2H3,(H2,15,16,17,18). The number of benzene rings is 1. The molecule has 0 bridgehead atoms. The predicted octanol–water partition coefficient (Wildman–Crippen LogP) is 1.60. The van der Waals surface area contributed by atoms with E-state index >= 15 is 0 Å². The van der Waals surface area contributed by atoms with Crippen molar-refractivity contribution in [3.63, 3.8) is 0 Å². The van der Waals surface area contributed by atoms with Gasteiger partial charge in [0.05, 0.1) is 5.56 Å². The van der Waals surface area contributed by atoms with Gasteiger partial charge in [0.15, 0.2) is 23.3 Å². The van der Waals surface area contributed by atoms with Crippen LogP contribution in [0.25, 0.3) is 11.4 Å². The van der Waals surface area contributed by atoms with E-state index in [9.17, 15) is 13.2 Å². The molecule has 1 aromatic carbocycles. The molecule has 5 nitrogen and oxygen atoms in total. The fraction of sp³-hybridized carbons (Fsp3) is 0.182. The van der Waals surface area contributed by atoms with Crippen LogP contribution in [0.3, 0.4) is 0 Å². The fourth-order valence-electron chi connectivity index (χ4n) is 1.40. The Morgan fingerprint density at radius 1 is 1.00 bits per heavy atom. The van der Waals surface area contributed by atoms with Gasteiger partial charge in [0.25, 0.3) is 0 Å². The van der Waals surface area contributed by atoms with Crippen LogP contribution < -0.4 is 10.6 Å². The number of rotatable bonds is 2. The van der Waals surface area contributed by atoms with Crippen LogP contribution in [0, 0.1) is 17.5 Å². The molecule has 100 valence electrons. The normalized spacial score (nSPS) is 10.6. The number of nitrogens with zero attached hydrogens (tertiary/aromatic N) is 4. The lowest BCUT2D eigenvalue weighted by Gasteiger charge is -2.11. The molecule has 2 N–H and O–H groups in total. The van der Waals surface area contributed by atoms with Crippen molar-refractivity contribution in [2.75, 3.05) is 24.7 Å². The van der Waals surface area contributed by atoms with Crippen molar-refractivity contribution in [3.05, 3.63) is 29.6 Å². The minimum absolute atomic E-state index is 0.141. The summed E-state index contributed by atoms with van der Waals surface area (Å²) in [7, 11) is 3.31. The van der Waals surface area contributed by atoms with Gasteiger partial charge in [-0.25, -0.2) is 13.2 Å². The number of hydrogen-bond acceptors (Lipinski definition) is 5. The van der Waals surface area contributed by atoms with Gasteiger partial charge >= 0.3 is 0 Å². The van der Waals surface area contributed by atoms with Crippen molar-refractivity contribution < 1.29 is 13.2 Å². The summed E-state index contributed by atoms with van der Waals surface area (Å²) in [6, 6.07) is 1.84. The summed E-state index contributed by atoms with van der Waals surface area (Å²) in [4.78, 5) is 13.0. The topological polar surface area (TPSA) is 67.9 Å². The van der Waals surface area contributed by atoms with Gasteiger partial charge in [-0.05, 0) is 12.1 Å². The summed E-state index contributed by atoms with van der Waals surface area (Å²) < 4.78 is 39.7. The molecule has 0 atom stereocenters. The first-order chi connectivity index (χ1) is 8.90. The Bertz CT molecular complexity index is 630. The zero-order chi connectivity index (χ0) is 14.2. The van der Waals surface area contributed by atoms with Gasteiger partial charge in [0.2, 0.25) is 11.9 Å². The Labute approximate surface area is 106 Å². The first kappa shape index (κ1) is 13.1. The SMILES string of the molecule is CN(C)c1nc(N)nc(-c2ccc(F)c(F)c2F)n1. The Balaban J connectivity index is 2.62. The Hall–Kier alpha value is -2.38. The number of aromatic nitrogens is 3. The first-order valence-corrected chi connectivity index (χ1v) is 5.23. The maximum atomic E-state index is 13.6. The van der Waals surface area contributed by atoms with E-state index < -0.39 is 17.5 Å². The van der Waals surface area contributed by atoms with Crippen LogP contribution in [0.1, 0.15) is 0 Å². The smallest absolute Gasteiger partial charge is 0.230 e. The van der Waals surface area contributed by atoms with Crippen molar-refractivity contribution in [2.45, 2.75) is 0 Å². The maximum Gasteiger partial charge on any atom is 0.230 e. The summed E-state index contributed by atoms with van der Waals surface area (Å²) in [6.45, 7) is 0. The molecule has 1 heterocycles. The van der Waals surface area contributed by atoms with Crippen LogP contribution in [-0.2, 0) is 0 Å². The van der Waals surface area contributed by atoms with E-state index in [2.05, 4.69) is 15.0 Å². The molecule has 0 saturated carbocycles. The zero-order valence-corrected chi connectivity index (χ0v) is 10.2. The Morgan fingerprint density at radius 2 is 1.68 bits per heavy atom. The van der Waals surface area contributed by atoms with Crippen LogP contribution in [0.5, 0.6) is 0 Å². The molecule has 0 aliphatic carbocycles. The lowest BCUT2D eigenvalue weighted by atomic mass is 10.2. The molecule has 1 aromatic heterocycles. The van der Waals surface area contributed by atoms with Crippen molar-refractivity contribution >= 4 is 11.9 Å². The third kappa shape index (κ3) is 2.42. The molecule has 0 saturated heterocycles. The van der Waals surface area contributed by atoms with Gasteiger partial charge in [0.1, 0.15) is 0 Å². The van der Waals surface area contributed by atoms with E-state index in [4.69, 9.17) is 5.73 Å².